The Morgan fingerprint density at radius 3 is 2.55 bits per heavy atom. The van der Waals surface area contributed by atoms with Crippen LogP contribution in [0.1, 0.15) is 84.1 Å². The number of hydrogen-bond donors (Lipinski definition) is 2. The lowest BCUT2D eigenvalue weighted by Gasteiger charge is -2.38. The number of carboxylic acid groups (broad SMARTS) is 1. The van der Waals surface area contributed by atoms with Crippen LogP contribution in [0, 0.1) is 0 Å². The van der Waals surface area contributed by atoms with Crippen molar-refractivity contribution in [2.45, 2.75) is 102 Å². The number of likely N-dealkylation sites (tertiary alicyclic amines) is 1. The van der Waals surface area contributed by atoms with E-state index in [-0.39, 0.29) is 24.0 Å². The zero-order valence-corrected chi connectivity index (χ0v) is 20.0. The van der Waals surface area contributed by atoms with Crippen molar-refractivity contribution in [3.05, 3.63) is 34.6 Å². The summed E-state index contributed by atoms with van der Waals surface area (Å²) in [7, 11) is 0. The van der Waals surface area contributed by atoms with Gasteiger partial charge in [-0.2, -0.15) is 0 Å². The van der Waals surface area contributed by atoms with Crippen molar-refractivity contribution >= 4 is 22.8 Å². The molecule has 2 fully saturated rings. The van der Waals surface area contributed by atoms with Crippen LogP contribution in [-0.2, 0) is 4.79 Å². The summed E-state index contributed by atoms with van der Waals surface area (Å²) in [5.41, 5.74) is 1.26. The normalized spacial score (nSPS) is 23.8. The second-order valence-electron chi connectivity index (χ2n) is 9.98. The highest BCUT2D eigenvalue weighted by Gasteiger charge is 2.36. The Morgan fingerprint density at radius 1 is 1.12 bits per heavy atom. The number of fused-ring (bicyclic) bond motifs is 1. The molecular formula is C26H38N4O3. The topological polar surface area (TPSA) is 87.5 Å². The zero-order valence-electron chi connectivity index (χ0n) is 20.0. The van der Waals surface area contributed by atoms with Crippen LogP contribution in [0.15, 0.2) is 29.1 Å². The Labute approximate surface area is 196 Å². The van der Waals surface area contributed by atoms with Crippen molar-refractivity contribution in [3.8, 4) is 0 Å². The van der Waals surface area contributed by atoms with E-state index in [0.29, 0.717) is 23.6 Å². The van der Waals surface area contributed by atoms with Gasteiger partial charge in [-0.15, -0.1) is 0 Å². The van der Waals surface area contributed by atoms with Crippen LogP contribution in [0.5, 0.6) is 0 Å². The third-order valence-electron chi connectivity index (χ3n) is 7.60. The average Bonchev–Trinajstić information content (AvgIpc) is 3.12. The van der Waals surface area contributed by atoms with E-state index in [1.807, 2.05) is 28.8 Å². The molecule has 1 aliphatic carbocycles. The summed E-state index contributed by atoms with van der Waals surface area (Å²) in [4.78, 5) is 31.6. The summed E-state index contributed by atoms with van der Waals surface area (Å²) < 4.78 is 1.83. The van der Waals surface area contributed by atoms with Crippen LogP contribution in [-0.4, -0.2) is 50.2 Å². The largest absolute Gasteiger partial charge is 0.480 e. The average molecular weight is 455 g/mol. The first-order valence-electron chi connectivity index (χ1n) is 12.7. The molecule has 1 unspecified atom stereocenters. The minimum absolute atomic E-state index is 0.0119. The van der Waals surface area contributed by atoms with E-state index in [0.717, 1.165) is 11.9 Å². The van der Waals surface area contributed by atoms with Crippen molar-refractivity contribution in [1.82, 2.24) is 14.5 Å². The molecular weight excluding hydrogens is 416 g/mol. The van der Waals surface area contributed by atoms with Crippen LogP contribution in [0.4, 0.5) is 5.82 Å². The lowest BCUT2D eigenvalue weighted by molar-refractivity contribution is -0.134. The fourth-order valence-electron chi connectivity index (χ4n) is 6.09. The number of carbonyl (C=O) groups is 1. The smallest absolute Gasteiger partial charge is 0.322 e. The fourth-order valence-corrected chi connectivity index (χ4v) is 6.09. The number of carboxylic acids is 1. The highest BCUT2D eigenvalue weighted by atomic mass is 16.4. The highest BCUT2D eigenvalue weighted by Crippen LogP contribution is 2.35. The summed E-state index contributed by atoms with van der Waals surface area (Å²) in [6.07, 6.45) is 12.6. The number of anilines is 1. The number of nitrogens with zero attached hydrogens (tertiary/aromatic N) is 3. The number of para-hydroxylation sites is 2. The van der Waals surface area contributed by atoms with E-state index < -0.39 is 5.97 Å². The van der Waals surface area contributed by atoms with Gasteiger partial charge in [-0.25, -0.2) is 4.98 Å². The minimum atomic E-state index is -1.02. The number of nitrogens with one attached hydrogen (secondary N) is 1. The molecule has 7 heteroatoms. The van der Waals surface area contributed by atoms with E-state index in [1.165, 1.54) is 57.8 Å². The second-order valence-corrected chi connectivity index (χ2v) is 9.98. The summed E-state index contributed by atoms with van der Waals surface area (Å²) in [6.45, 7) is 4.16. The number of aliphatic carboxylic acids is 1. The van der Waals surface area contributed by atoms with Gasteiger partial charge in [-0.1, -0.05) is 44.2 Å². The van der Waals surface area contributed by atoms with Crippen LogP contribution < -0.4 is 10.9 Å². The molecule has 0 radical (unpaired) electrons. The molecule has 2 aliphatic rings. The molecule has 1 aromatic carbocycles. The number of benzene rings is 1. The molecule has 1 saturated carbocycles. The molecule has 1 aromatic heterocycles. The van der Waals surface area contributed by atoms with Crippen LogP contribution in [0.2, 0.25) is 0 Å². The molecule has 180 valence electrons. The Hall–Kier alpha value is -2.41. The molecule has 0 spiro atoms. The summed E-state index contributed by atoms with van der Waals surface area (Å²) in [5, 5.41) is 11.8. The van der Waals surface area contributed by atoms with Crippen LogP contribution in [0.3, 0.4) is 0 Å². The molecule has 0 amide bonds. The highest BCUT2D eigenvalue weighted by molar-refractivity contribution is 5.77. The Balaban J connectivity index is 1.61. The monoisotopic (exact) mass is 454 g/mol. The maximum atomic E-state index is 13.4. The van der Waals surface area contributed by atoms with Gasteiger partial charge in [-0.3, -0.25) is 14.5 Å². The van der Waals surface area contributed by atoms with Gasteiger partial charge in [0.05, 0.1) is 11.0 Å². The maximum Gasteiger partial charge on any atom is 0.322 e. The first-order valence-corrected chi connectivity index (χ1v) is 12.7. The SMILES string of the molecule is CC1CC[C@@H](C[C@@H](C)n2c(=O)c(NCC(=O)O)nc3ccccc32)N1C1CCCCCCC1. The summed E-state index contributed by atoms with van der Waals surface area (Å²) in [5.74, 6) is -0.904. The maximum absolute atomic E-state index is 13.4. The number of hydrogen-bond acceptors (Lipinski definition) is 5. The molecule has 2 aromatic rings. The van der Waals surface area contributed by atoms with Gasteiger partial charge in [0.2, 0.25) is 0 Å². The molecule has 1 aliphatic heterocycles. The third-order valence-corrected chi connectivity index (χ3v) is 7.60. The molecule has 2 heterocycles. The van der Waals surface area contributed by atoms with Gasteiger partial charge in [0.15, 0.2) is 5.82 Å². The van der Waals surface area contributed by atoms with E-state index in [4.69, 9.17) is 5.11 Å². The van der Waals surface area contributed by atoms with E-state index >= 15 is 0 Å². The van der Waals surface area contributed by atoms with Crippen molar-refractivity contribution in [2.24, 2.45) is 0 Å². The van der Waals surface area contributed by atoms with Gasteiger partial charge in [0.1, 0.15) is 6.54 Å². The molecule has 1 saturated heterocycles. The van der Waals surface area contributed by atoms with Crippen molar-refractivity contribution in [1.29, 1.82) is 0 Å². The zero-order chi connectivity index (χ0) is 23.4. The van der Waals surface area contributed by atoms with Crippen molar-refractivity contribution in [3.63, 3.8) is 0 Å². The third kappa shape index (κ3) is 5.40. The molecule has 7 nitrogen and oxygen atoms in total. The van der Waals surface area contributed by atoms with E-state index in [9.17, 15) is 9.59 Å². The number of aromatic nitrogens is 2. The fraction of sp³-hybridized carbons (Fsp3) is 0.654. The lowest BCUT2D eigenvalue weighted by Crippen LogP contribution is -2.44. The predicted molar refractivity (Wildman–Crippen MR) is 132 cm³/mol. The molecule has 4 rings (SSSR count). The predicted octanol–water partition coefficient (Wildman–Crippen LogP) is 4.81. The molecule has 0 bridgehead atoms. The van der Waals surface area contributed by atoms with Crippen molar-refractivity contribution < 1.29 is 9.90 Å². The lowest BCUT2D eigenvalue weighted by atomic mass is 9.94. The standard InChI is InChI=1S/C26H38N4O3/c1-18-14-15-21(29(18)20-10-6-4-3-5-7-11-20)16-19(2)30-23-13-9-8-12-22(23)28-25(26(30)33)27-17-24(31)32/h8-9,12-13,18-21H,3-7,10-11,14-17H2,1-2H3,(H,27,28)(H,31,32)/t18?,19-,21+/m1/s1. The minimum Gasteiger partial charge on any atom is -0.480 e. The molecule has 3 atom stereocenters. The van der Waals surface area contributed by atoms with Crippen LogP contribution in [0.25, 0.3) is 11.0 Å². The Bertz CT molecular complexity index is 1010. The number of rotatable bonds is 7. The van der Waals surface area contributed by atoms with Gasteiger partial charge in [-0.05, 0) is 58.1 Å². The van der Waals surface area contributed by atoms with E-state index in [1.54, 1.807) is 0 Å². The first-order chi connectivity index (χ1) is 16.0. The first kappa shape index (κ1) is 23.7. The van der Waals surface area contributed by atoms with Crippen LogP contribution >= 0.6 is 0 Å². The summed E-state index contributed by atoms with van der Waals surface area (Å²) >= 11 is 0. The van der Waals surface area contributed by atoms with Crippen molar-refractivity contribution in [2.75, 3.05) is 11.9 Å². The van der Waals surface area contributed by atoms with Gasteiger partial charge < -0.3 is 15.0 Å². The van der Waals surface area contributed by atoms with Gasteiger partial charge >= 0.3 is 5.97 Å². The molecule has 2 N–H and O–H groups in total. The van der Waals surface area contributed by atoms with E-state index in [2.05, 4.69) is 29.0 Å². The molecule has 33 heavy (non-hydrogen) atoms. The summed E-state index contributed by atoms with van der Waals surface area (Å²) in [6, 6.07) is 9.33. The quantitative estimate of drug-likeness (QED) is 0.624. The second kappa shape index (κ2) is 10.7. The van der Waals surface area contributed by atoms with Gasteiger partial charge in [0, 0.05) is 24.2 Å². The van der Waals surface area contributed by atoms with Gasteiger partial charge in [0.25, 0.3) is 5.56 Å². The Morgan fingerprint density at radius 2 is 1.82 bits per heavy atom. The Kier molecular flexibility index (Phi) is 7.68.